The highest BCUT2D eigenvalue weighted by Gasteiger charge is 2.05. The quantitative estimate of drug-likeness (QED) is 0.874. The number of likely N-dealkylation sites (N-methyl/N-ethyl adjacent to an activating group) is 1. The van der Waals surface area contributed by atoms with E-state index in [-0.39, 0.29) is 0 Å². The molecule has 0 fully saturated rings. The first-order valence-corrected chi connectivity index (χ1v) is 7.05. The molecule has 0 aliphatic heterocycles. The summed E-state index contributed by atoms with van der Waals surface area (Å²) in [4.78, 5) is 6.37. The highest BCUT2D eigenvalue weighted by Crippen LogP contribution is 2.20. The summed E-state index contributed by atoms with van der Waals surface area (Å²) in [7, 11) is 4.13. The number of aromatic nitrogens is 1. The van der Waals surface area contributed by atoms with Crippen molar-refractivity contribution in [1.29, 1.82) is 0 Å². The van der Waals surface area contributed by atoms with Gasteiger partial charge >= 0.3 is 0 Å². The minimum atomic E-state index is 0.919. The molecule has 2 aromatic rings. The van der Waals surface area contributed by atoms with Gasteiger partial charge in [0.2, 0.25) is 0 Å². The van der Waals surface area contributed by atoms with Gasteiger partial charge in [0.1, 0.15) is 0 Å². The van der Waals surface area contributed by atoms with Crippen molar-refractivity contribution in [1.82, 2.24) is 10.3 Å². The fraction of sp³-hybridized carbons (Fsp3) is 0.353. The van der Waals surface area contributed by atoms with Crippen LogP contribution in [0.5, 0.6) is 0 Å². The number of benzene rings is 1. The van der Waals surface area contributed by atoms with Gasteiger partial charge in [-0.15, -0.1) is 0 Å². The zero-order chi connectivity index (χ0) is 14.4. The van der Waals surface area contributed by atoms with E-state index >= 15 is 0 Å². The van der Waals surface area contributed by atoms with Crippen LogP contribution in [0.4, 0.5) is 5.69 Å². The largest absolute Gasteiger partial charge is 0.374 e. The molecule has 1 aromatic carbocycles. The number of nitrogens with zero attached hydrogens (tertiary/aromatic N) is 2. The molecule has 0 aliphatic rings. The van der Waals surface area contributed by atoms with E-state index in [1.54, 1.807) is 0 Å². The monoisotopic (exact) mass is 269 g/mol. The van der Waals surface area contributed by atoms with Crippen molar-refractivity contribution in [3.8, 4) is 0 Å². The van der Waals surface area contributed by atoms with Crippen LogP contribution in [0.1, 0.15) is 16.7 Å². The Kier molecular flexibility index (Phi) is 5.13. The SMILES string of the molecule is CNCc1ccc(N(C)CCc2ccncc2)c(C)c1. The fourth-order valence-corrected chi connectivity index (χ4v) is 2.43. The fourth-order valence-electron chi connectivity index (χ4n) is 2.43. The van der Waals surface area contributed by atoms with Crippen molar-refractivity contribution in [3.63, 3.8) is 0 Å². The topological polar surface area (TPSA) is 28.2 Å². The highest BCUT2D eigenvalue weighted by molar-refractivity contribution is 5.54. The maximum absolute atomic E-state index is 4.05. The lowest BCUT2D eigenvalue weighted by atomic mass is 10.1. The molecule has 0 saturated carbocycles. The second-order valence-electron chi connectivity index (χ2n) is 5.18. The summed E-state index contributed by atoms with van der Waals surface area (Å²) in [6.45, 7) is 4.11. The van der Waals surface area contributed by atoms with Crippen LogP contribution in [0.25, 0.3) is 0 Å². The van der Waals surface area contributed by atoms with Crippen LogP contribution in [0, 0.1) is 6.92 Å². The molecule has 0 spiro atoms. The minimum absolute atomic E-state index is 0.919. The molecule has 1 heterocycles. The van der Waals surface area contributed by atoms with Crippen molar-refractivity contribution >= 4 is 5.69 Å². The second kappa shape index (κ2) is 7.06. The van der Waals surface area contributed by atoms with E-state index in [0.29, 0.717) is 0 Å². The number of hydrogen-bond donors (Lipinski definition) is 1. The van der Waals surface area contributed by atoms with Crippen molar-refractivity contribution in [2.24, 2.45) is 0 Å². The van der Waals surface area contributed by atoms with E-state index in [1.165, 1.54) is 22.4 Å². The molecular weight excluding hydrogens is 246 g/mol. The summed E-state index contributed by atoms with van der Waals surface area (Å²) in [6, 6.07) is 10.8. The molecule has 3 nitrogen and oxygen atoms in total. The summed E-state index contributed by atoms with van der Waals surface area (Å²) in [6.07, 6.45) is 4.75. The average Bonchev–Trinajstić information content (AvgIpc) is 2.46. The molecular formula is C17H23N3. The number of rotatable bonds is 6. The van der Waals surface area contributed by atoms with Crippen LogP contribution < -0.4 is 10.2 Å². The molecule has 20 heavy (non-hydrogen) atoms. The maximum atomic E-state index is 4.05. The van der Waals surface area contributed by atoms with Crippen molar-refractivity contribution in [3.05, 3.63) is 59.4 Å². The Morgan fingerprint density at radius 1 is 1.10 bits per heavy atom. The van der Waals surface area contributed by atoms with Gasteiger partial charge in [0.25, 0.3) is 0 Å². The molecule has 0 aliphatic carbocycles. The molecule has 3 heteroatoms. The Bertz CT molecular complexity index is 537. The van der Waals surface area contributed by atoms with Crippen LogP contribution in [0.2, 0.25) is 0 Å². The van der Waals surface area contributed by atoms with Crippen LogP contribution in [0.15, 0.2) is 42.7 Å². The second-order valence-corrected chi connectivity index (χ2v) is 5.18. The van der Waals surface area contributed by atoms with E-state index < -0.39 is 0 Å². The third-order valence-electron chi connectivity index (χ3n) is 3.54. The molecule has 2 rings (SSSR count). The predicted octanol–water partition coefficient (Wildman–Crippen LogP) is 2.79. The molecule has 1 aromatic heterocycles. The zero-order valence-electron chi connectivity index (χ0n) is 12.6. The van der Waals surface area contributed by atoms with Gasteiger partial charge < -0.3 is 10.2 Å². The molecule has 1 N–H and O–H groups in total. The van der Waals surface area contributed by atoms with Gasteiger partial charge in [-0.2, -0.15) is 0 Å². The number of aryl methyl sites for hydroxylation is 1. The van der Waals surface area contributed by atoms with Crippen molar-refractivity contribution in [2.75, 3.05) is 25.5 Å². The lowest BCUT2D eigenvalue weighted by Crippen LogP contribution is -2.21. The van der Waals surface area contributed by atoms with Crippen LogP contribution in [-0.4, -0.2) is 25.6 Å². The molecule has 0 unspecified atom stereocenters. The molecule has 0 amide bonds. The maximum Gasteiger partial charge on any atom is 0.0393 e. The average molecular weight is 269 g/mol. The standard InChI is InChI=1S/C17H23N3/c1-14-12-16(13-18-2)4-5-17(14)20(3)11-8-15-6-9-19-10-7-15/h4-7,9-10,12,18H,8,11,13H2,1-3H3. The Labute approximate surface area is 121 Å². The summed E-state index contributed by atoms with van der Waals surface area (Å²) >= 11 is 0. The van der Waals surface area contributed by atoms with E-state index in [1.807, 2.05) is 19.4 Å². The first kappa shape index (κ1) is 14.5. The van der Waals surface area contributed by atoms with Gasteiger partial charge in [-0.25, -0.2) is 0 Å². The van der Waals surface area contributed by atoms with Gasteiger partial charge in [0.05, 0.1) is 0 Å². The van der Waals surface area contributed by atoms with E-state index in [4.69, 9.17) is 0 Å². The van der Waals surface area contributed by atoms with E-state index in [9.17, 15) is 0 Å². The van der Waals surface area contributed by atoms with Crippen LogP contribution in [0.3, 0.4) is 0 Å². The number of hydrogen-bond acceptors (Lipinski definition) is 3. The van der Waals surface area contributed by atoms with Crippen LogP contribution in [-0.2, 0) is 13.0 Å². The van der Waals surface area contributed by atoms with E-state index in [2.05, 4.69) is 59.5 Å². The summed E-state index contributed by atoms with van der Waals surface area (Å²) in [5.41, 5.74) is 5.29. The Morgan fingerprint density at radius 2 is 1.85 bits per heavy atom. The summed E-state index contributed by atoms with van der Waals surface area (Å²) in [5, 5.41) is 3.19. The highest BCUT2D eigenvalue weighted by atomic mass is 15.1. The Hall–Kier alpha value is -1.87. The van der Waals surface area contributed by atoms with Gasteiger partial charge in [-0.3, -0.25) is 4.98 Å². The van der Waals surface area contributed by atoms with Gasteiger partial charge in [0.15, 0.2) is 0 Å². The molecule has 0 saturated heterocycles. The minimum Gasteiger partial charge on any atom is -0.374 e. The third-order valence-corrected chi connectivity index (χ3v) is 3.54. The summed E-state index contributed by atoms with van der Waals surface area (Å²) in [5.74, 6) is 0. The summed E-state index contributed by atoms with van der Waals surface area (Å²) < 4.78 is 0. The van der Waals surface area contributed by atoms with Gasteiger partial charge in [-0.05, 0) is 55.3 Å². The predicted molar refractivity (Wildman–Crippen MR) is 85.2 cm³/mol. The lowest BCUT2D eigenvalue weighted by molar-refractivity contribution is 0.815. The number of pyridine rings is 1. The first-order valence-electron chi connectivity index (χ1n) is 7.05. The van der Waals surface area contributed by atoms with Crippen molar-refractivity contribution < 1.29 is 0 Å². The van der Waals surface area contributed by atoms with Gasteiger partial charge in [0, 0.05) is 38.2 Å². The van der Waals surface area contributed by atoms with Crippen LogP contribution >= 0.6 is 0 Å². The van der Waals surface area contributed by atoms with Crippen molar-refractivity contribution in [2.45, 2.75) is 19.9 Å². The smallest absolute Gasteiger partial charge is 0.0393 e. The van der Waals surface area contributed by atoms with Gasteiger partial charge in [-0.1, -0.05) is 12.1 Å². The normalized spacial score (nSPS) is 10.6. The Balaban J connectivity index is 2.00. The third kappa shape index (κ3) is 3.81. The molecule has 0 atom stereocenters. The molecule has 106 valence electrons. The zero-order valence-corrected chi connectivity index (χ0v) is 12.6. The molecule has 0 radical (unpaired) electrons. The number of anilines is 1. The number of nitrogens with one attached hydrogen (secondary N) is 1. The molecule has 0 bridgehead atoms. The van der Waals surface area contributed by atoms with E-state index in [0.717, 1.165) is 19.5 Å². The lowest BCUT2D eigenvalue weighted by Gasteiger charge is -2.22. The Morgan fingerprint density at radius 3 is 2.50 bits per heavy atom. The first-order chi connectivity index (χ1) is 9.70.